The lowest BCUT2D eigenvalue weighted by molar-refractivity contribution is 0.845. The molecule has 2 aromatic heterocycles. The van der Waals surface area contributed by atoms with E-state index in [1.165, 1.54) is 25.1 Å². The summed E-state index contributed by atoms with van der Waals surface area (Å²) < 4.78 is 3.55. The van der Waals surface area contributed by atoms with Crippen molar-refractivity contribution in [2.24, 2.45) is 0 Å². The lowest BCUT2D eigenvalue weighted by Crippen LogP contribution is -1.98. The molecule has 0 N–H and O–H groups in total. The molecule has 0 fully saturated rings. The smallest absolute Gasteiger partial charge is 0.0702 e. The van der Waals surface area contributed by atoms with Gasteiger partial charge in [-0.1, -0.05) is 25.1 Å². The van der Waals surface area contributed by atoms with Crippen LogP contribution in [0.4, 0.5) is 0 Å². The van der Waals surface area contributed by atoms with Gasteiger partial charge in [0.05, 0.1) is 15.8 Å². The fourth-order valence-electron chi connectivity index (χ4n) is 2.36. The van der Waals surface area contributed by atoms with Gasteiger partial charge in [-0.2, -0.15) is 0 Å². The van der Waals surface area contributed by atoms with E-state index in [9.17, 15) is 0 Å². The highest BCUT2D eigenvalue weighted by Gasteiger charge is 2.06. The minimum absolute atomic E-state index is 0.955. The van der Waals surface area contributed by atoms with Crippen LogP contribution < -0.4 is 0 Å². The van der Waals surface area contributed by atoms with Crippen molar-refractivity contribution in [3.05, 3.63) is 56.8 Å². The van der Waals surface area contributed by atoms with Gasteiger partial charge in [-0.05, 0) is 51.5 Å². The zero-order valence-electron chi connectivity index (χ0n) is 10.2. The molecule has 0 aliphatic carbocycles. The van der Waals surface area contributed by atoms with Gasteiger partial charge in [0, 0.05) is 11.1 Å². The molecule has 18 heavy (non-hydrogen) atoms. The molecule has 92 valence electrons. The summed E-state index contributed by atoms with van der Waals surface area (Å²) in [7, 11) is 0. The number of benzene rings is 1. The maximum atomic E-state index is 3.52. The van der Waals surface area contributed by atoms with Gasteiger partial charge in [-0.15, -0.1) is 11.3 Å². The van der Waals surface area contributed by atoms with Crippen molar-refractivity contribution < 1.29 is 0 Å². The van der Waals surface area contributed by atoms with E-state index in [2.05, 4.69) is 70.0 Å². The van der Waals surface area contributed by atoms with E-state index < -0.39 is 0 Å². The molecule has 0 atom stereocenters. The largest absolute Gasteiger partial charge is 0.342 e. The highest BCUT2D eigenvalue weighted by atomic mass is 79.9. The number of nitrogens with zero attached hydrogens (tertiary/aromatic N) is 1. The van der Waals surface area contributed by atoms with Gasteiger partial charge in [-0.25, -0.2) is 0 Å². The molecule has 0 bridgehead atoms. The van der Waals surface area contributed by atoms with Crippen LogP contribution in [0, 0.1) is 0 Å². The van der Waals surface area contributed by atoms with E-state index in [1.807, 2.05) is 0 Å². The zero-order valence-corrected chi connectivity index (χ0v) is 12.6. The van der Waals surface area contributed by atoms with E-state index in [1.54, 1.807) is 11.3 Å². The van der Waals surface area contributed by atoms with Crippen LogP contribution in [-0.2, 0) is 13.0 Å². The van der Waals surface area contributed by atoms with E-state index in [0.29, 0.717) is 0 Å². The summed E-state index contributed by atoms with van der Waals surface area (Å²) in [6.45, 7) is 3.17. The first-order valence-electron chi connectivity index (χ1n) is 6.09. The van der Waals surface area contributed by atoms with Gasteiger partial charge in [0.1, 0.15) is 0 Å². The van der Waals surface area contributed by atoms with Gasteiger partial charge in [-0.3, -0.25) is 0 Å². The Labute approximate surface area is 119 Å². The molecular formula is C15H14BrNS. The summed E-state index contributed by atoms with van der Waals surface area (Å²) in [6, 6.07) is 13.1. The Kier molecular flexibility index (Phi) is 3.27. The Morgan fingerprint density at radius 2 is 2.06 bits per heavy atom. The summed E-state index contributed by atoms with van der Waals surface area (Å²) in [5, 5.41) is 1.34. The minimum atomic E-state index is 0.955. The maximum absolute atomic E-state index is 3.52. The number of hydrogen-bond acceptors (Lipinski definition) is 1. The van der Waals surface area contributed by atoms with E-state index >= 15 is 0 Å². The molecule has 3 rings (SSSR count). The van der Waals surface area contributed by atoms with Gasteiger partial charge >= 0.3 is 0 Å². The third-order valence-electron chi connectivity index (χ3n) is 3.21. The topological polar surface area (TPSA) is 4.93 Å². The summed E-state index contributed by atoms with van der Waals surface area (Å²) in [5.74, 6) is 0. The van der Waals surface area contributed by atoms with Crippen LogP contribution in [0.5, 0.6) is 0 Å². The van der Waals surface area contributed by atoms with Crippen molar-refractivity contribution in [3.8, 4) is 0 Å². The van der Waals surface area contributed by atoms with Crippen LogP contribution in [0.15, 0.2) is 46.4 Å². The Morgan fingerprint density at radius 3 is 2.78 bits per heavy atom. The molecule has 1 aromatic carbocycles. The highest BCUT2D eigenvalue weighted by Crippen LogP contribution is 2.26. The zero-order chi connectivity index (χ0) is 12.5. The highest BCUT2D eigenvalue weighted by molar-refractivity contribution is 9.11. The molecule has 1 nitrogen and oxygen atoms in total. The number of rotatable bonds is 3. The molecule has 0 saturated heterocycles. The molecule has 0 aliphatic rings. The normalized spacial score (nSPS) is 11.2. The molecule has 3 aromatic rings. The van der Waals surface area contributed by atoms with Crippen molar-refractivity contribution in [1.82, 2.24) is 4.57 Å². The van der Waals surface area contributed by atoms with Crippen molar-refractivity contribution in [2.75, 3.05) is 0 Å². The molecule has 2 heterocycles. The monoisotopic (exact) mass is 319 g/mol. The minimum Gasteiger partial charge on any atom is -0.342 e. The number of para-hydroxylation sites is 1. The Hall–Kier alpha value is -1.06. The van der Waals surface area contributed by atoms with Crippen LogP contribution in [0.25, 0.3) is 10.9 Å². The average molecular weight is 320 g/mol. The predicted octanol–water partition coefficient (Wildman–Crippen LogP) is 5.08. The second-order valence-electron chi connectivity index (χ2n) is 4.36. The molecule has 0 unspecified atom stereocenters. The fourth-order valence-corrected chi connectivity index (χ4v) is 3.84. The number of aromatic nitrogens is 1. The van der Waals surface area contributed by atoms with Crippen LogP contribution >= 0.6 is 27.3 Å². The van der Waals surface area contributed by atoms with Crippen LogP contribution in [0.2, 0.25) is 0 Å². The maximum Gasteiger partial charge on any atom is 0.0702 e. The third-order valence-corrected chi connectivity index (χ3v) is 4.82. The molecule has 0 amide bonds. The number of thiophene rings is 1. The number of hydrogen-bond donors (Lipinski definition) is 0. The van der Waals surface area contributed by atoms with Crippen LogP contribution in [0.1, 0.15) is 17.4 Å². The van der Waals surface area contributed by atoms with Gasteiger partial charge in [0.15, 0.2) is 0 Å². The second-order valence-corrected chi connectivity index (χ2v) is 6.91. The number of fused-ring (bicyclic) bond motifs is 1. The second kappa shape index (κ2) is 4.90. The Bertz CT molecular complexity index is 681. The fraction of sp³-hybridized carbons (Fsp3) is 0.200. The molecule has 0 radical (unpaired) electrons. The summed E-state index contributed by atoms with van der Waals surface area (Å²) in [6.07, 6.45) is 3.27. The Morgan fingerprint density at radius 1 is 1.17 bits per heavy atom. The first kappa shape index (κ1) is 12.0. The SMILES string of the molecule is CCc1cccc2ccn(Cc3ccc(Br)s3)c12. The lowest BCUT2D eigenvalue weighted by Gasteiger charge is -2.07. The summed E-state index contributed by atoms with van der Waals surface area (Å²) >= 11 is 5.33. The predicted molar refractivity (Wildman–Crippen MR) is 82.4 cm³/mol. The van der Waals surface area contributed by atoms with Crippen LogP contribution in [-0.4, -0.2) is 4.57 Å². The van der Waals surface area contributed by atoms with Crippen molar-refractivity contribution in [3.63, 3.8) is 0 Å². The van der Waals surface area contributed by atoms with Crippen molar-refractivity contribution >= 4 is 38.2 Å². The quantitative estimate of drug-likeness (QED) is 0.634. The molecule has 3 heteroatoms. The first-order chi connectivity index (χ1) is 8.78. The number of halogens is 1. The standard InChI is InChI=1S/C15H14BrNS/c1-2-11-4-3-5-12-8-9-17(15(11)12)10-13-6-7-14(16)18-13/h3-9H,2,10H2,1H3. The van der Waals surface area contributed by atoms with Crippen LogP contribution in [0.3, 0.4) is 0 Å². The molecule has 0 spiro atoms. The van der Waals surface area contributed by atoms with E-state index in [-0.39, 0.29) is 0 Å². The van der Waals surface area contributed by atoms with Gasteiger partial charge in [0.25, 0.3) is 0 Å². The molecule has 0 aliphatic heterocycles. The average Bonchev–Trinajstić information content (AvgIpc) is 2.97. The van der Waals surface area contributed by atoms with Gasteiger partial charge in [0.2, 0.25) is 0 Å². The van der Waals surface area contributed by atoms with Crippen molar-refractivity contribution in [2.45, 2.75) is 19.9 Å². The lowest BCUT2D eigenvalue weighted by atomic mass is 10.1. The van der Waals surface area contributed by atoms with E-state index in [4.69, 9.17) is 0 Å². The molecular weight excluding hydrogens is 306 g/mol. The summed E-state index contributed by atoms with van der Waals surface area (Å²) in [5.41, 5.74) is 2.80. The Balaban J connectivity index is 2.06. The summed E-state index contributed by atoms with van der Waals surface area (Å²) in [4.78, 5) is 1.38. The first-order valence-corrected chi connectivity index (χ1v) is 7.70. The number of aryl methyl sites for hydroxylation is 1. The van der Waals surface area contributed by atoms with Crippen molar-refractivity contribution in [1.29, 1.82) is 0 Å². The molecule has 0 saturated carbocycles. The third kappa shape index (κ3) is 2.13. The van der Waals surface area contributed by atoms with E-state index in [0.717, 1.165) is 13.0 Å². The van der Waals surface area contributed by atoms with Gasteiger partial charge < -0.3 is 4.57 Å².